The van der Waals surface area contributed by atoms with Crippen LogP contribution in [0.25, 0.3) is 10.8 Å². The summed E-state index contributed by atoms with van der Waals surface area (Å²) in [6.07, 6.45) is 3.49. The molecule has 230 valence electrons. The van der Waals surface area contributed by atoms with Crippen molar-refractivity contribution in [1.82, 2.24) is 19.8 Å². The molecule has 0 N–H and O–H groups in total. The topological polar surface area (TPSA) is 88.8 Å². The molecule has 2 unspecified atom stereocenters. The van der Waals surface area contributed by atoms with Gasteiger partial charge in [-0.15, -0.1) is 0 Å². The zero-order valence-electron chi connectivity index (χ0n) is 26.2. The minimum Gasteiger partial charge on any atom is -0.462 e. The summed E-state index contributed by atoms with van der Waals surface area (Å²) in [7, 11) is 0. The van der Waals surface area contributed by atoms with Crippen molar-refractivity contribution in [3.63, 3.8) is 0 Å². The van der Waals surface area contributed by atoms with Crippen LogP contribution in [0, 0.1) is 17.2 Å². The molecule has 3 aliphatic heterocycles. The molecule has 0 bridgehead atoms. The lowest BCUT2D eigenvalue weighted by atomic mass is 10.0. The summed E-state index contributed by atoms with van der Waals surface area (Å²) >= 11 is 0. The number of likely N-dealkylation sites (tertiary alicyclic amines) is 1. The number of hydrogen-bond acceptors (Lipinski definition) is 8. The summed E-state index contributed by atoms with van der Waals surface area (Å²) in [6, 6.07) is 18.2. The van der Waals surface area contributed by atoms with Crippen LogP contribution in [0.3, 0.4) is 0 Å². The van der Waals surface area contributed by atoms with E-state index in [1.54, 1.807) is 4.90 Å². The summed E-state index contributed by atoms with van der Waals surface area (Å²) in [6.45, 7) is 15.3. The van der Waals surface area contributed by atoms with Gasteiger partial charge in [-0.05, 0) is 50.1 Å². The predicted octanol–water partition coefficient (Wildman–Crippen LogP) is 4.81. The van der Waals surface area contributed by atoms with E-state index in [0.717, 1.165) is 43.0 Å². The molecule has 6 rings (SSSR count). The minimum atomic E-state index is -0.232. The second kappa shape index (κ2) is 12.8. The van der Waals surface area contributed by atoms with Crippen molar-refractivity contribution in [3.8, 4) is 12.1 Å². The molecular weight excluding hydrogens is 550 g/mol. The van der Waals surface area contributed by atoms with Crippen molar-refractivity contribution in [2.24, 2.45) is 5.92 Å². The van der Waals surface area contributed by atoms with E-state index in [1.807, 2.05) is 0 Å². The maximum atomic E-state index is 12.6. The average molecular weight is 594 g/mol. The molecule has 9 nitrogen and oxygen atoms in total. The number of piperazine rings is 1. The Morgan fingerprint density at radius 3 is 2.70 bits per heavy atom. The third-order valence-corrected chi connectivity index (χ3v) is 9.43. The smallest absolute Gasteiger partial charge is 0.318 e. The standard InChI is InChI=1S/C35H43N7O2/c1-5-33(43)41-18-17-40(21-27(41)13-15-36)34-30-14-16-39(32-12-8-10-26-9-6-7-11-29(26)32)22-31(30)37-35(38-34)44-23-28-19-25(4)20-42(28)24(2)3/h5-12,24-25,27-28H,1,13-14,16-23H2,2-4H3/t25?,27?,28-/m0/s1. The Bertz CT molecular complexity index is 1560. The molecule has 0 aliphatic carbocycles. The van der Waals surface area contributed by atoms with E-state index < -0.39 is 0 Å². The van der Waals surface area contributed by atoms with E-state index in [1.165, 1.54) is 22.5 Å². The zero-order valence-corrected chi connectivity index (χ0v) is 26.2. The van der Waals surface area contributed by atoms with Gasteiger partial charge in [0.15, 0.2) is 0 Å². The summed E-state index contributed by atoms with van der Waals surface area (Å²) in [5.74, 6) is 1.37. The summed E-state index contributed by atoms with van der Waals surface area (Å²) < 4.78 is 6.44. The first kappa shape index (κ1) is 29.9. The molecule has 3 atom stereocenters. The summed E-state index contributed by atoms with van der Waals surface area (Å²) in [5.41, 5.74) is 3.31. The monoisotopic (exact) mass is 593 g/mol. The van der Waals surface area contributed by atoms with Crippen LogP contribution in [0.2, 0.25) is 0 Å². The Balaban J connectivity index is 1.32. The predicted molar refractivity (Wildman–Crippen MR) is 174 cm³/mol. The lowest BCUT2D eigenvalue weighted by Crippen LogP contribution is -2.55. The lowest BCUT2D eigenvalue weighted by molar-refractivity contribution is -0.128. The van der Waals surface area contributed by atoms with Crippen LogP contribution >= 0.6 is 0 Å². The van der Waals surface area contributed by atoms with E-state index in [2.05, 4.69) is 90.6 Å². The molecule has 0 saturated carbocycles. The van der Waals surface area contributed by atoms with E-state index in [-0.39, 0.29) is 18.4 Å². The SMILES string of the molecule is C=CC(=O)N1CCN(c2nc(OC[C@@H]3CC(C)CN3C(C)C)nc3c2CCN(c2cccc4ccccc24)C3)CC1CC#N. The highest BCUT2D eigenvalue weighted by atomic mass is 16.5. The zero-order chi connectivity index (χ0) is 30.8. The quantitative estimate of drug-likeness (QED) is 0.344. The second-order valence-corrected chi connectivity index (χ2v) is 12.7. The molecule has 9 heteroatoms. The molecule has 1 aromatic heterocycles. The Morgan fingerprint density at radius 1 is 1.09 bits per heavy atom. The lowest BCUT2D eigenvalue weighted by Gasteiger charge is -2.42. The normalized spacial score (nSPS) is 22.2. The van der Waals surface area contributed by atoms with Gasteiger partial charge in [-0.2, -0.15) is 15.2 Å². The van der Waals surface area contributed by atoms with E-state index in [4.69, 9.17) is 14.7 Å². The highest BCUT2D eigenvalue weighted by Crippen LogP contribution is 2.35. The molecule has 2 fully saturated rings. The number of carbonyl (C=O) groups excluding carboxylic acids is 1. The van der Waals surface area contributed by atoms with Crippen LogP contribution in [0.5, 0.6) is 6.01 Å². The maximum Gasteiger partial charge on any atom is 0.318 e. The van der Waals surface area contributed by atoms with Crippen molar-refractivity contribution in [2.45, 2.75) is 64.7 Å². The Morgan fingerprint density at radius 2 is 1.91 bits per heavy atom. The van der Waals surface area contributed by atoms with Gasteiger partial charge in [-0.3, -0.25) is 9.69 Å². The highest BCUT2D eigenvalue weighted by Gasteiger charge is 2.35. The molecular formula is C35H43N7O2. The van der Waals surface area contributed by atoms with Crippen molar-refractivity contribution < 1.29 is 9.53 Å². The Labute approximate surface area is 260 Å². The Kier molecular flexibility index (Phi) is 8.72. The first-order valence-corrected chi connectivity index (χ1v) is 15.9. The maximum absolute atomic E-state index is 12.6. The number of anilines is 2. The van der Waals surface area contributed by atoms with Crippen molar-refractivity contribution in [2.75, 3.05) is 49.1 Å². The minimum absolute atomic E-state index is 0.134. The average Bonchev–Trinajstić information content (AvgIpc) is 3.43. The molecule has 3 aromatic rings. The molecule has 0 spiro atoms. The van der Waals surface area contributed by atoms with Crippen molar-refractivity contribution in [3.05, 3.63) is 66.4 Å². The van der Waals surface area contributed by atoms with Gasteiger partial charge in [0.1, 0.15) is 12.4 Å². The molecule has 2 saturated heterocycles. The number of fused-ring (bicyclic) bond motifs is 2. The van der Waals surface area contributed by atoms with Crippen LogP contribution < -0.4 is 14.5 Å². The molecule has 2 aromatic carbocycles. The van der Waals surface area contributed by atoms with Crippen molar-refractivity contribution in [1.29, 1.82) is 5.26 Å². The Hall–Kier alpha value is -4.16. The van der Waals surface area contributed by atoms with E-state index in [0.29, 0.717) is 56.8 Å². The first-order valence-electron chi connectivity index (χ1n) is 15.9. The fourth-order valence-corrected chi connectivity index (χ4v) is 7.29. The number of benzene rings is 2. The number of hydrogen-bond donors (Lipinski definition) is 0. The number of carbonyl (C=O) groups is 1. The number of ether oxygens (including phenoxy) is 1. The van der Waals surface area contributed by atoms with Gasteiger partial charge in [0, 0.05) is 61.4 Å². The number of rotatable bonds is 8. The van der Waals surface area contributed by atoms with Gasteiger partial charge >= 0.3 is 6.01 Å². The van der Waals surface area contributed by atoms with Crippen LogP contribution in [0.15, 0.2) is 55.1 Å². The molecule has 3 aliphatic rings. The number of aromatic nitrogens is 2. The molecule has 1 amide bonds. The van der Waals surface area contributed by atoms with Gasteiger partial charge in [0.2, 0.25) is 5.91 Å². The van der Waals surface area contributed by atoms with Gasteiger partial charge in [0.05, 0.1) is 30.8 Å². The third kappa shape index (κ3) is 5.96. The summed E-state index contributed by atoms with van der Waals surface area (Å²) in [5, 5.41) is 12.0. The van der Waals surface area contributed by atoms with Crippen LogP contribution in [0.1, 0.15) is 44.9 Å². The van der Waals surface area contributed by atoms with Crippen molar-refractivity contribution >= 4 is 28.2 Å². The van der Waals surface area contributed by atoms with Crippen LogP contribution in [0.4, 0.5) is 11.5 Å². The molecule has 44 heavy (non-hydrogen) atoms. The fraction of sp³-hybridized carbons (Fsp3) is 0.486. The van der Waals surface area contributed by atoms with Crippen LogP contribution in [-0.4, -0.2) is 83.1 Å². The number of amides is 1. The van der Waals surface area contributed by atoms with Gasteiger partial charge in [-0.1, -0.05) is 49.9 Å². The first-order chi connectivity index (χ1) is 21.4. The highest BCUT2D eigenvalue weighted by molar-refractivity contribution is 5.94. The third-order valence-electron chi connectivity index (χ3n) is 9.43. The van der Waals surface area contributed by atoms with E-state index in [9.17, 15) is 10.1 Å². The van der Waals surface area contributed by atoms with Gasteiger partial charge < -0.3 is 19.4 Å². The van der Waals surface area contributed by atoms with E-state index >= 15 is 0 Å². The van der Waals surface area contributed by atoms with Gasteiger partial charge in [0.25, 0.3) is 0 Å². The van der Waals surface area contributed by atoms with Gasteiger partial charge in [-0.25, -0.2) is 0 Å². The number of nitrogens with zero attached hydrogens (tertiary/aromatic N) is 7. The molecule has 4 heterocycles. The molecule has 0 radical (unpaired) electrons. The largest absolute Gasteiger partial charge is 0.462 e. The van der Waals surface area contributed by atoms with Crippen LogP contribution in [-0.2, 0) is 17.8 Å². The summed E-state index contributed by atoms with van der Waals surface area (Å²) in [4.78, 5) is 31.6. The second-order valence-electron chi connectivity index (χ2n) is 12.7. The number of nitriles is 1. The fourth-order valence-electron chi connectivity index (χ4n) is 7.29.